The summed E-state index contributed by atoms with van der Waals surface area (Å²) < 4.78 is 39.1. The minimum absolute atomic E-state index is 0.00826. The molecule has 0 unspecified atom stereocenters. The minimum Gasteiger partial charge on any atom is -0.497 e. The fraction of sp³-hybridized carbons (Fsp3) is 0.463. The highest BCUT2D eigenvalue weighted by atomic mass is 28.4. The Morgan fingerprint density at radius 1 is 0.846 bits per heavy atom. The fourth-order valence-electron chi connectivity index (χ4n) is 6.01. The Hall–Kier alpha value is -4.00. The first-order chi connectivity index (χ1) is 24.5. The van der Waals surface area contributed by atoms with E-state index in [0.29, 0.717) is 5.69 Å². The van der Waals surface area contributed by atoms with Crippen LogP contribution in [0.4, 0.5) is 0 Å². The molecule has 52 heavy (non-hydrogen) atoms. The summed E-state index contributed by atoms with van der Waals surface area (Å²) in [5.41, 5.74) is 1.45. The van der Waals surface area contributed by atoms with Gasteiger partial charge in [-0.25, -0.2) is 4.98 Å². The Morgan fingerprint density at radius 2 is 1.38 bits per heavy atom. The van der Waals surface area contributed by atoms with E-state index in [4.69, 9.17) is 28.1 Å². The van der Waals surface area contributed by atoms with Gasteiger partial charge in [0.1, 0.15) is 41.5 Å². The summed E-state index contributed by atoms with van der Waals surface area (Å²) >= 11 is 0. The fourth-order valence-corrected chi connectivity index (χ4v) is 7.33. The van der Waals surface area contributed by atoms with Gasteiger partial charge in [-0.15, -0.1) is 0 Å². The number of hydrogen-bond donors (Lipinski definition) is 1. The van der Waals surface area contributed by atoms with Crippen molar-refractivity contribution in [2.24, 2.45) is 5.41 Å². The molecule has 280 valence electrons. The summed E-state index contributed by atoms with van der Waals surface area (Å²) in [6.45, 7) is 16.3. The van der Waals surface area contributed by atoms with E-state index in [0.717, 1.165) is 28.2 Å². The van der Waals surface area contributed by atoms with E-state index >= 15 is 0 Å². The van der Waals surface area contributed by atoms with E-state index in [1.807, 2.05) is 78.9 Å². The van der Waals surface area contributed by atoms with Crippen LogP contribution in [-0.2, 0) is 35.8 Å². The molecule has 10 nitrogen and oxygen atoms in total. The van der Waals surface area contributed by atoms with Crippen LogP contribution in [0.3, 0.4) is 0 Å². The maximum Gasteiger partial charge on any atom is 0.312 e. The number of imidazole rings is 1. The zero-order valence-electron chi connectivity index (χ0n) is 32.1. The van der Waals surface area contributed by atoms with E-state index in [-0.39, 0.29) is 24.3 Å². The molecular formula is C41H54N2O8Si. The topological polar surface area (TPSA) is 111 Å². The van der Waals surface area contributed by atoms with Gasteiger partial charge in [-0.05, 0) is 79.9 Å². The summed E-state index contributed by atoms with van der Waals surface area (Å²) in [7, 11) is 0.867. The number of methoxy groups -OCH3 is 2. The van der Waals surface area contributed by atoms with Gasteiger partial charge in [0.05, 0.1) is 38.3 Å². The van der Waals surface area contributed by atoms with Crippen molar-refractivity contribution in [3.05, 3.63) is 114 Å². The van der Waals surface area contributed by atoms with Crippen LogP contribution in [-0.4, -0.2) is 68.1 Å². The van der Waals surface area contributed by atoms with Crippen LogP contribution < -0.4 is 9.47 Å². The number of carbonyl (C=O) groups is 1. The maximum absolute atomic E-state index is 12.4. The monoisotopic (exact) mass is 730 g/mol. The third-order valence-electron chi connectivity index (χ3n) is 10.1. The van der Waals surface area contributed by atoms with Crippen molar-refractivity contribution in [1.82, 2.24) is 9.55 Å². The molecule has 0 aliphatic carbocycles. The molecular weight excluding hydrogens is 677 g/mol. The van der Waals surface area contributed by atoms with Crippen molar-refractivity contribution in [3.63, 3.8) is 0 Å². The molecule has 4 atom stereocenters. The Kier molecular flexibility index (Phi) is 11.7. The molecule has 1 aliphatic rings. The molecule has 5 rings (SSSR count). The first-order valence-electron chi connectivity index (χ1n) is 17.7. The Bertz CT molecular complexity index is 1710. The van der Waals surface area contributed by atoms with E-state index in [9.17, 15) is 9.90 Å². The normalized spacial score (nSPS) is 19.8. The van der Waals surface area contributed by atoms with Gasteiger partial charge in [-0.3, -0.25) is 4.79 Å². The van der Waals surface area contributed by atoms with Gasteiger partial charge in [0.15, 0.2) is 15.0 Å². The second-order valence-corrected chi connectivity index (χ2v) is 20.6. The van der Waals surface area contributed by atoms with Gasteiger partial charge in [0, 0.05) is 6.20 Å². The molecule has 1 aromatic heterocycles. The SMILES string of the molecule is COc1ccc(C(OC[C@H]2O[C@@H](c3cn(COC(=O)C(C)(C)C)cn3)[C@H](O)[C@@H]2O[Si](C)(C)C(C)(C)C)(c2ccccc2)c2ccc(OC)cc2)cc1. The van der Waals surface area contributed by atoms with Crippen molar-refractivity contribution < 1.29 is 38.0 Å². The van der Waals surface area contributed by atoms with E-state index in [1.54, 1.807) is 52.1 Å². The van der Waals surface area contributed by atoms with Crippen LogP contribution in [0.25, 0.3) is 0 Å². The number of nitrogens with zero attached hydrogens (tertiary/aromatic N) is 2. The average molecular weight is 731 g/mol. The quantitative estimate of drug-likeness (QED) is 0.0843. The number of carbonyl (C=O) groups excluding carboxylic acids is 1. The number of aliphatic hydroxyl groups excluding tert-OH is 1. The standard InChI is InChI=1S/C41H54N2O8Si/c1-39(2,3)38(45)48-27-43-24-33(42-26-43)36-35(44)37(51-52(9,10)40(4,5)6)34(50-36)25-49-41(28-14-12-11-13-15-28,29-16-20-31(46-7)21-17-29)30-18-22-32(47-8)23-19-30/h11-24,26,34-37,44H,25,27H2,1-10H3/t34-,35+,36+,37-/m1/s1. The lowest BCUT2D eigenvalue weighted by Gasteiger charge is -2.41. The number of rotatable bonds is 13. The van der Waals surface area contributed by atoms with Crippen LogP contribution in [0.15, 0.2) is 91.4 Å². The highest BCUT2D eigenvalue weighted by Crippen LogP contribution is 2.45. The van der Waals surface area contributed by atoms with Crippen LogP contribution in [0, 0.1) is 5.41 Å². The largest absolute Gasteiger partial charge is 0.497 e. The Morgan fingerprint density at radius 3 is 1.88 bits per heavy atom. The lowest BCUT2D eigenvalue weighted by Crippen LogP contribution is -2.50. The Labute approximate surface area is 309 Å². The molecule has 11 heteroatoms. The van der Waals surface area contributed by atoms with Crippen LogP contribution >= 0.6 is 0 Å². The Balaban J connectivity index is 1.54. The van der Waals surface area contributed by atoms with Gasteiger partial charge in [-0.2, -0.15) is 0 Å². The zero-order chi connectivity index (χ0) is 37.9. The predicted molar refractivity (Wildman–Crippen MR) is 202 cm³/mol. The number of benzene rings is 3. The molecule has 0 saturated carbocycles. The summed E-state index contributed by atoms with van der Waals surface area (Å²) in [6, 6.07) is 25.8. The smallest absolute Gasteiger partial charge is 0.312 e. The molecule has 0 radical (unpaired) electrons. The van der Waals surface area contributed by atoms with Gasteiger partial charge in [-0.1, -0.05) is 75.4 Å². The lowest BCUT2D eigenvalue weighted by atomic mass is 9.80. The van der Waals surface area contributed by atoms with Crippen molar-refractivity contribution in [2.75, 3.05) is 20.8 Å². The summed E-state index contributed by atoms with van der Waals surface area (Å²) in [5, 5.41) is 11.9. The summed E-state index contributed by atoms with van der Waals surface area (Å²) in [5.74, 6) is 1.12. The van der Waals surface area contributed by atoms with Crippen molar-refractivity contribution in [2.45, 2.75) is 96.4 Å². The molecule has 0 spiro atoms. The van der Waals surface area contributed by atoms with Crippen molar-refractivity contribution >= 4 is 14.3 Å². The maximum atomic E-state index is 12.4. The molecule has 4 aromatic rings. The van der Waals surface area contributed by atoms with E-state index < -0.39 is 43.7 Å². The molecule has 0 bridgehead atoms. The molecule has 1 N–H and O–H groups in total. The van der Waals surface area contributed by atoms with Crippen LogP contribution in [0.5, 0.6) is 11.5 Å². The average Bonchev–Trinajstić information content (AvgIpc) is 3.71. The third kappa shape index (κ3) is 8.29. The highest BCUT2D eigenvalue weighted by Gasteiger charge is 2.52. The first kappa shape index (κ1) is 39.2. The number of esters is 1. The molecule has 0 amide bonds. The molecule has 2 heterocycles. The number of aromatic nitrogens is 2. The predicted octanol–water partition coefficient (Wildman–Crippen LogP) is 7.65. The first-order valence-corrected chi connectivity index (χ1v) is 20.6. The highest BCUT2D eigenvalue weighted by molar-refractivity contribution is 6.74. The van der Waals surface area contributed by atoms with Crippen LogP contribution in [0.2, 0.25) is 18.1 Å². The second kappa shape index (κ2) is 15.5. The second-order valence-electron chi connectivity index (χ2n) is 15.9. The van der Waals surface area contributed by atoms with Gasteiger partial charge < -0.3 is 37.8 Å². The minimum atomic E-state index is -2.42. The summed E-state index contributed by atoms with van der Waals surface area (Å²) in [4.78, 5) is 17.0. The molecule has 1 saturated heterocycles. The lowest BCUT2D eigenvalue weighted by molar-refractivity contribution is -0.156. The van der Waals surface area contributed by atoms with Gasteiger partial charge in [0.25, 0.3) is 0 Å². The van der Waals surface area contributed by atoms with Crippen LogP contribution in [0.1, 0.15) is 70.0 Å². The van der Waals surface area contributed by atoms with Crippen molar-refractivity contribution in [1.29, 1.82) is 0 Å². The van der Waals surface area contributed by atoms with E-state index in [1.165, 1.54) is 0 Å². The number of aliphatic hydroxyl groups is 1. The van der Waals surface area contributed by atoms with E-state index in [2.05, 4.69) is 38.8 Å². The summed E-state index contributed by atoms with van der Waals surface area (Å²) in [6.07, 6.45) is 0.0714. The third-order valence-corrected chi connectivity index (χ3v) is 14.6. The number of hydrogen-bond acceptors (Lipinski definition) is 9. The molecule has 1 aliphatic heterocycles. The molecule has 3 aromatic carbocycles. The molecule has 1 fully saturated rings. The van der Waals surface area contributed by atoms with Crippen molar-refractivity contribution in [3.8, 4) is 11.5 Å². The van der Waals surface area contributed by atoms with Gasteiger partial charge in [0.2, 0.25) is 0 Å². The van der Waals surface area contributed by atoms with Gasteiger partial charge >= 0.3 is 5.97 Å². The number of ether oxygens (including phenoxy) is 5. The zero-order valence-corrected chi connectivity index (χ0v) is 33.1.